The van der Waals surface area contributed by atoms with E-state index in [0.717, 1.165) is 12.8 Å². The van der Waals surface area contributed by atoms with Gasteiger partial charge in [0.2, 0.25) is 0 Å². The first kappa shape index (κ1) is 7.08. The van der Waals surface area contributed by atoms with Crippen LogP contribution in [-0.2, 0) is 4.74 Å². The Balaban J connectivity index is 2.32. The lowest BCUT2D eigenvalue weighted by molar-refractivity contribution is -0.0455. The molecular formula is C8H11NO2. The highest BCUT2D eigenvalue weighted by Crippen LogP contribution is 2.50. The predicted octanol–water partition coefficient (Wildman–Crippen LogP) is 0.582. The number of nitriles is 1. The third kappa shape index (κ3) is 0.741. The number of aliphatic hydroxyl groups excluding tert-OH is 1. The van der Waals surface area contributed by atoms with Crippen LogP contribution >= 0.6 is 0 Å². The highest BCUT2D eigenvalue weighted by Gasteiger charge is 2.59. The highest BCUT2D eigenvalue weighted by molar-refractivity contribution is 5.17. The Kier molecular flexibility index (Phi) is 1.14. The SMILES string of the molecule is CC12CCC(C#N)(CC1O)O2. The van der Waals surface area contributed by atoms with Crippen molar-refractivity contribution >= 4 is 0 Å². The average Bonchev–Trinajstić information content (AvgIpc) is 2.41. The van der Waals surface area contributed by atoms with E-state index < -0.39 is 17.3 Å². The van der Waals surface area contributed by atoms with E-state index in [4.69, 9.17) is 10.00 Å². The van der Waals surface area contributed by atoms with Crippen LogP contribution in [0.4, 0.5) is 0 Å². The van der Waals surface area contributed by atoms with Gasteiger partial charge < -0.3 is 9.84 Å². The zero-order chi connectivity index (χ0) is 8.11. The maximum absolute atomic E-state index is 9.50. The van der Waals surface area contributed by atoms with Gasteiger partial charge in [0.1, 0.15) is 0 Å². The largest absolute Gasteiger partial charge is 0.390 e. The van der Waals surface area contributed by atoms with E-state index in [1.807, 2.05) is 6.92 Å². The van der Waals surface area contributed by atoms with Crippen molar-refractivity contribution < 1.29 is 9.84 Å². The van der Waals surface area contributed by atoms with Crippen LogP contribution in [0.2, 0.25) is 0 Å². The Labute approximate surface area is 65.6 Å². The van der Waals surface area contributed by atoms with Crippen LogP contribution in [0.15, 0.2) is 0 Å². The summed E-state index contributed by atoms with van der Waals surface area (Å²) < 4.78 is 5.50. The van der Waals surface area contributed by atoms with Gasteiger partial charge in [-0.2, -0.15) is 5.26 Å². The van der Waals surface area contributed by atoms with Crippen molar-refractivity contribution in [2.75, 3.05) is 0 Å². The number of hydrogen-bond donors (Lipinski definition) is 1. The molecule has 2 bridgehead atoms. The summed E-state index contributed by atoms with van der Waals surface area (Å²) in [5.41, 5.74) is -1.09. The second-order valence-electron chi connectivity index (χ2n) is 3.74. The molecule has 1 N–H and O–H groups in total. The van der Waals surface area contributed by atoms with E-state index in [1.165, 1.54) is 0 Å². The molecule has 2 heterocycles. The third-order valence-corrected chi connectivity index (χ3v) is 2.89. The Morgan fingerprint density at radius 2 is 2.36 bits per heavy atom. The summed E-state index contributed by atoms with van der Waals surface area (Å²) in [4.78, 5) is 0. The summed E-state index contributed by atoms with van der Waals surface area (Å²) in [5.74, 6) is 0. The van der Waals surface area contributed by atoms with Gasteiger partial charge in [0.05, 0.1) is 17.8 Å². The number of hydrogen-bond acceptors (Lipinski definition) is 3. The molecule has 0 spiro atoms. The summed E-state index contributed by atoms with van der Waals surface area (Å²) in [6, 6.07) is 2.14. The van der Waals surface area contributed by atoms with Gasteiger partial charge in [0, 0.05) is 6.42 Å². The normalized spacial score (nSPS) is 54.5. The van der Waals surface area contributed by atoms with Gasteiger partial charge >= 0.3 is 0 Å². The van der Waals surface area contributed by atoms with Crippen molar-refractivity contribution in [1.29, 1.82) is 5.26 Å². The molecule has 2 aliphatic rings. The lowest BCUT2D eigenvalue weighted by atomic mass is 9.82. The summed E-state index contributed by atoms with van der Waals surface area (Å²) in [7, 11) is 0. The molecule has 0 aliphatic carbocycles. The van der Waals surface area contributed by atoms with Gasteiger partial charge in [-0.25, -0.2) is 0 Å². The van der Waals surface area contributed by atoms with Crippen molar-refractivity contribution in [1.82, 2.24) is 0 Å². The predicted molar refractivity (Wildman–Crippen MR) is 37.7 cm³/mol. The van der Waals surface area contributed by atoms with E-state index in [1.54, 1.807) is 0 Å². The van der Waals surface area contributed by atoms with Crippen molar-refractivity contribution in [3.8, 4) is 6.07 Å². The second kappa shape index (κ2) is 1.77. The van der Waals surface area contributed by atoms with Crippen molar-refractivity contribution in [2.45, 2.75) is 43.5 Å². The molecule has 60 valence electrons. The van der Waals surface area contributed by atoms with Gasteiger partial charge in [-0.15, -0.1) is 0 Å². The summed E-state index contributed by atoms with van der Waals surface area (Å²) in [6.07, 6.45) is 1.62. The summed E-state index contributed by atoms with van der Waals surface area (Å²) >= 11 is 0. The van der Waals surface area contributed by atoms with Gasteiger partial charge in [-0.3, -0.25) is 0 Å². The number of aliphatic hydroxyl groups is 1. The van der Waals surface area contributed by atoms with Crippen molar-refractivity contribution in [3.05, 3.63) is 0 Å². The summed E-state index contributed by atoms with van der Waals surface area (Å²) in [6.45, 7) is 1.88. The number of ether oxygens (including phenoxy) is 1. The zero-order valence-corrected chi connectivity index (χ0v) is 6.50. The van der Waals surface area contributed by atoms with Crippen molar-refractivity contribution in [2.24, 2.45) is 0 Å². The molecule has 0 aromatic rings. The van der Waals surface area contributed by atoms with Crippen LogP contribution in [0.5, 0.6) is 0 Å². The molecule has 0 aromatic carbocycles. The molecule has 3 heteroatoms. The van der Waals surface area contributed by atoms with E-state index in [2.05, 4.69) is 6.07 Å². The van der Waals surface area contributed by atoms with E-state index in [-0.39, 0.29) is 0 Å². The standard InChI is InChI=1S/C8H11NO2/c1-7-2-3-8(5-9,11-7)4-6(7)10/h6,10H,2-4H2,1H3. The summed E-state index contributed by atoms with van der Waals surface area (Å²) in [5, 5.41) is 18.3. The van der Waals surface area contributed by atoms with Crippen LogP contribution in [-0.4, -0.2) is 22.4 Å². The first-order valence-corrected chi connectivity index (χ1v) is 3.90. The smallest absolute Gasteiger partial charge is 0.157 e. The van der Waals surface area contributed by atoms with Crippen LogP contribution in [0.25, 0.3) is 0 Å². The van der Waals surface area contributed by atoms with Crippen LogP contribution < -0.4 is 0 Å². The molecule has 2 saturated heterocycles. The van der Waals surface area contributed by atoms with E-state index in [0.29, 0.717) is 6.42 Å². The monoisotopic (exact) mass is 153 g/mol. The van der Waals surface area contributed by atoms with Gasteiger partial charge in [-0.1, -0.05) is 0 Å². The van der Waals surface area contributed by atoms with Crippen LogP contribution in [0.1, 0.15) is 26.2 Å². The fraction of sp³-hybridized carbons (Fsp3) is 0.875. The molecule has 0 amide bonds. The Morgan fingerprint density at radius 3 is 2.64 bits per heavy atom. The maximum Gasteiger partial charge on any atom is 0.157 e. The Bertz CT molecular complexity index is 235. The average molecular weight is 153 g/mol. The molecule has 2 rings (SSSR count). The molecular weight excluding hydrogens is 142 g/mol. The second-order valence-corrected chi connectivity index (χ2v) is 3.74. The van der Waals surface area contributed by atoms with Gasteiger partial charge in [-0.05, 0) is 19.8 Å². The number of rotatable bonds is 0. The molecule has 0 radical (unpaired) electrons. The number of fused-ring (bicyclic) bond motifs is 2. The Hall–Kier alpha value is -0.590. The minimum atomic E-state index is -0.659. The lowest BCUT2D eigenvalue weighted by Crippen LogP contribution is -2.34. The van der Waals surface area contributed by atoms with Gasteiger partial charge in [0.25, 0.3) is 0 Å². The molecule has 3 nitrogen and oxygen atoms in total. The molecule has 3 unspecified atom stereocenters. The van der Waals surface area contributed by atoms with E-state index >= 15 is 0 Å². The fourth-order valence-corrected chi connectivity index (χ4v) is 2.03. The molecule has 0 saturated carbocycles. The minimum Gasteiger partial charge on any atom is -0.390 e. The highest BCUT2D eigenvalue weighted by atomic mass is 16.6. The molecule has 0 aromatic heterocycles. The van der Waals surface area contributed by atoms with Crippen molar-refractivity contribution in [3.63, 3.8) is 0 Å². The first-order valence-electron chi connectivity index (χ1n) is 3.90. The Morgan fingerprint density at radius 1 is 1.64 bits per heavy atom. The quantitative estimate of drug-likeness (QED) is 0.554. The molecule has 2 aliphatic heterocycles. The van der Waals surface area contributed by atoms with Gasteiger partial charge in [0.15, 0.2) is 5.60 Å². The van der Waals surface area contributed by atoms with E-state index in [9.17, 15) is 5.11 Å². The molecule has 11 heavy (non-hydrogen) atoms. The van der Waals surface area contributed by atoms with Crippen LogP contribution in [0, 0.1) is 11.3 Å². The maximum atomic E-state index is 9.50. The van der Waals surface area contributed by atoms with Crippen LogP contribution in [0.3, 0.4) is 0 Å². The topological polar surface area (TPSA) is 53.2 Å². The molecule has 2 fully saturated rings. The first-order chi connectivity index (χ1) is 5.10. The fourth-order valence-electron chi connectivity index (χ4n) is 2.03. The zero-order valence-electron chi connectivity index (χ0n) is 6.50. The third-order valence-electron chi connectivity index (χ3n) is 2.89. The lowest BCUT2D eigenvalue weighted by Gasteiger charge is -2.23. The molecule has 3 atom stereocenters. The minimum absolute atomic E-state index is 0.435. The number of nitrogens with zero attached hydrogens (tertiary/aromatic N) is 1.